The minimum atomic E-state index is -3.78. The van der Waals surface area contributed by atoms with E-state index in [2.05, 4.69) is 12.0 Å². The van der Waals surface area contributed by atoms with Gasteiger partial charge in [-0.15, -0.1) is 0 Å². The highest BCUT2D eigenvalue weighted by molar-refractivity contribution is 7.90. The molecule has 1 unspecified atom stereocenters. The number of aromatic nitrogens is 2. The Morgan fingerprint density at radius 2 is 1.83 bits per heavy atom. The molecule has 2 aromatic carbocycles. The molecule has 0 N–H and O–H groups in total. The number of hydrogen-bond acceptors (Lipinski definition) is 4. The molecule has 1 aromatic heterocycles. The van der Waals surface area contributed by atoms with Crippen molar-refractivity contribution < 1.29 is 13.2 Å². The minimum absolute atomic E-state index is 0.0352. The highest BCUT2D eigenvalue weighted by Crippen LogP contribution is 2.56. The summed E-state index contributed by atoms with van der Waals surface area (Å²) in [5.74, 6) is 0.222. The smallest absolute Gasteiger partial charge is 0.283 e. The van der Waals surface area contributed by atoms with Gasteiger partial charge in [-0.3, -0.25) is 4.79 Å². The maximum atomic E-state index is 13.2. The molecule has 3 aromatic rings. The van der Waals surface area contributed by atoms with Gasteiger partial charge in [-0.2, -0.15) is 17.6 Å². The highest BCUT2D eigenvalue weighted by atomic mass is 32.2. The SMILES string of the molecule is CCC12CCC(=O)C(C)=C1c1ccc3c(cnn3S(=O)(=O)c3ccc(C)cc3)c1C2. The third-order valence-electron chi connectivity index (χ3n) is 6.99. The molecule has 0 amide bonds. The van der Waals surface area contributed by atoms with Gasteiger partial charge >= 0.3 is 0 Å². The number of rotatable bonds is 3. The molecule has 2 aliphatic carbocycles. The van der Waals surface area contributed by atoms with Crippen LogP contribution in [0.5, 0.6) is 0 Å². The van der Waals surface area contributed by atoms with Crippen LogP contribution in [0.3, 0.4) is 0 Å². The van der Waals surface area contributed by atoms with E-state index < -0.39 is 10.0 Å². The van der Waals surface area contributed by atoms with Crippen molar-refractivity contribution in [3.05, 3.63) is 64.9 Å². The quantitative estimate of drug-likeness (QED) is 0.617. The van der Waals surface area contributed by atoms with Gasteiger partial charge < -0.3 is 0 Å². The molecule has 154 valence electrons. The van der Waals surface area contributed by atoms with E-state index in [0.717, 1.165) is 56.6 Å². The van der Waals surface area contributed by atoms with E-state index in [1.807, 2.05) is 26.0 Å². The lowest BCUT2D eigenvalue weighted by molar-refractivity contribution is -0.116. The van der Waals surface area contributed by atoms with Crippen molar-refractivity contribution in [2.75, 3.05) is 0 Å². The van der Waals surface area contributed by atoms with E-state index in [4.69, 9.17) is 0 Å². The van der Waals surface area contributed by atoms with Crippen molar-refractivity contribution in [3.8, 4) is 0 Å². The van der Waals surface area contributed by atoms with Crippen LogP contribution in [0.25, 0.3) is 16.5 Å². The lowest BCUT2D eigenvalue weighted by Crippen LogP contribution is -2.27. The largest absolute Gasteiger partial charge is 0.295 e. The number of benzene rings is 2. The summed E-state index contributed by atoms with van der Waals surface area (Å²) in [6.45, 7) is 6.04. The van der Waals surface area contributed by atoms with Gasteiger partial charge in [-0.05, 0) is 73.6 Å². The van der Waals surface area contributed by atoms with Crippen LogP contribution in [-0.2, 0) is 21.2 Å². The van der Waals surface area contributed by atoms with E-state index in [0.29, 0.717) is 11.9 Å². The van der Waals surface area contributed by atoms with Gasteiger partial charge in [0.05, 0.1) is 16.6 Å². The fourth-order valence-corrected chi connectivity index (χ4v) is 6.51. The Kier molecular flexibility index (Phi) is 4.09. The molecule has 0 aliphatic heterocycles. The zero-order valence-electron chi connectivity index (χ0n) is 17.4. The molecule has 1 heterocycles. The van der Waals surface area contributed by atoms with Crippen molar-refractivity contribution in [1.29, 1.82) is 0 Å². The van der Waals surface area contributed by atoms with Crippen molar-refractivity contribution in [2.24, 2.45) is 5.41 Å². The third-order valence-corrected chi connectivity index (χ3v) is 8.61. The van der Waals surface area contributed by atoms with Crippen LogP contribution in [0.4, 0.5) is 0 Å². The topological polar surface area (TPSA) is 69.0 Å². The molecular weight excluding hydrogens is 396 g/mol. The Bertz CT molecular complexity index is 1350. The number of nitrogens with zero attached hydrogens (tertiary/aromatic N) is 2. The number of aryl methyl sites for hydroxylation is 1. The summed E-state index contributed by atoms with van der Waals surface area (Å²) in [7, 11) is -3.78. The second kappa shape index (κ2) is 6.38. The summed E-state index contributed by atoms with van der Waals surface area (Å²) in [4.78, 5) is 12.7. The van der Waals surface area contributed by atoms with E-state index in [-0.39, 0.29) is 16.1 Å². The minimum Gasteiger partial charge on any atom is -0.295 e. The number of ketones is 1. The van der Waals surface area contributed by atoms with Crippen LogP contribution in [0, 0.1) is 12.3 Å². The van der Waals surface area contributed by atoms with E-state index in [1.165, 1.54) is 0 Å². The molecule has 5 rings (SSSR count). The number of allylic oxidation sites excluding steroid dienone is 2. The van der Waals surface area contributed by atoms with Gasteiger partial charge in [0, 0.05) is 17.2 Å². The van der Waals surface area contributed by atoms with Gasteiger partial charge in [-0.1, -0.05) is 30.7 Å². The second-order valence-electron chi connectivity index (χ2n) is 8.56. The van der Waals surface area contributed by atoms with Crippen LogP contribution < -0.4 is 0 Å². The first-order valence-electron chi connectivity index (χ1n) is 10.4. The van der Waals surface area contributed by atoms with E-state index >= 15 is 0 Å². The van der Waals surface area contributed by atoms with Gasteiger partial charge in [0.15, 0.2) is 5.78 Å². The molecule has 0 bridgehead atoms. The standard InChI is InChI=1S/C24H24N2O3S/c1-4-24-12-11-22(27)16(3)23(24)18-9-10-21-20(19(18)13-24)14-25-26(21)30(28,29)17-7-5-15(2)6-8-17/h5-10,14H,4,11-13H2,1-3H3. The third kappa shape index (κ3) is 2.49. The lowest BCUT2D eigenvalue weighted by Gasteiger charge is -2.34. The number of carbonyl (C=O) groups excluding carboxylic acids is 1. The maximum Gasteiger partial charge on any atom is 0.283 e. The average molecular weight is 421 g/mol. The van der Waals surface area contributed by atoms with Crippen molar-refractivity contribution >= 4 is 32.3 Å². The van der Waals surface area contributed by atoms with Crippen molar-refractivity contribution in [3.63, 3.8) is 0 Å². The molecule has 1 atom stereocenters. The first-order valence-corrected chi connectivity index (χ1v) is 11.8. The van der Waals surface area contributed by atoms with Crippen LogP contribution in [0.1, 0.15) is 49.8 Å². The Hall–Kier alpha value is -2.73. The Labute approximate surface area is 176 Å². The zero-order valence-corrected chi connectivity index (χ0v) is 18.2. The maximum absolute atomic E-state index is 13.2. The number of hydrogen-bond donors (Lipinski definition) is 0. The molecule has 0 radical (unpaired) electrons. The molecular formula is C24H24N2O3S. The first-order chi connectivity index (χ1) is 14.3. The van der Waals surface area contributed by atoms with E-state index in [1.54, 1.807) is 30.5 Å². The highest BCUT2D eigenvalue weighted by Gasteiger charge is 2.45. The Balaban J connectivity index is 1.71. The summed E-state index contributed by atoms with van der Waals surface area (Å²) in [6, 6.07) is 10.6. The summed E-state index contributed by atoms with van der Waals surface area (Å²) in [6.07, 6.45) is 4.88. The summed E-state index contributed by atoms with van der Waals surface area (Å²) in [5, 5.41) is 5.15. The molecule has 2 aliphatic rings. The van der Waals surface area contributed by atoms with Crippen molar-refractivity contribution in [1.82, 2.24) is 9.19 Å². The molecule has 0 saturated heterocycles. The van der Waals surface area contributed by atoms with Crippen LogP contribution in [0.15, 0.2) is 53.1 Å². The van der Waals surface area contributed by atoms with Gasteiger partial charge in [0.25, 0.3) is 10.0 Å². The molecule has 0 spiro atoms. The van der Waals surface area contributed by atoms with Crippen LogP contribution in [-0.4, -0.2) is 23.4 Å². The van der Waals surface area contributed by atoms with Gasteiger partial charge in [0.2, 0.25) is 0 Å². The zero-order chi connectivity index (χ0) is 21.3. The van der Waals surface area contributed by atoms with Crippen molar-refractivity contribution in [2.45, 2.75) is 51.3 Å². The predicted molar refractivity (Wildman–Crippen MR) is 117 cm³/mol. The summed E-state index contributed by atoms with van der Waals surface area (Å²) >= 11 is 0. The monoisotopic (exact) mass is 420 g/mol. The fraction of sp³-hybridized carbons (Fsp3) is 0.333. The van der Waals surface area contributed by atoms with Gasteiger partial charge in [-0.25, -0.2) is 0 Å². The second-order valence-corrected chi connectivity index (χ2v) is 10.3. The summed E-state index contributed by atoms with van der Waals surface area (Å²) < 4.78 is 27.6. The van der Waals surface area contributed by atoms with Crippen LogP contribution in [0.2, 0.25) is 0 Å². The Morgan fingerprint density at radius 1 is 1.10 bits per heavy atom. The molecule has 0 fully saturated rings. The predicted octanol–water partition coefficient (Wildman–Crippen LogP) is 4.67. The first kappa shape index (κ1) is 19.2. The normalized spacial score (nSPS) is 21.2. The number of fused-ring (bicyclic) bond motifs is 5. The lowest BCUT2D eigenvalue weighted by atomic mass is 9.68. The fourth-order valence-electron chi connectivity index (χ4n) is 5.25. The molecule has 5 nitrogen and oxygen atoms in total. The van der Waals surface area contributed by atoms with Gasteiger partial charge in [0.1, 0.15) is 0 Å². The van der Waals surface area contributed by atoms with E-state index in [9.17, 15) is 13.2 Å². The summed E-state index contributed by atoms with van der Waals surface area (Å²) in [5.41, 5.74) is 5.78. The number of carbonyl (C=O) groups is 1. The molecule has 0 saturated carbocycles. The average Bonchev–Trinajstić information content (AvgIpc) is 3.31. The number of Topliss-reactive ketones (excluding diaryl/α,β-unsaturated/α-hetero) is 1. The molecule has 6 heteroatoms. The van der Waals surface area contributed by atoms with Crippen LogP contribution >= 0.6 is 0 Å². The Morgan fingerprint density at radius 3 is 2.53 bits per heavy atom. The molecule has 30 heavy (non-hydrogen) atoms.